The molecule has 0 radical (unpaired) electrons. The van der Waals surface area contributed by atoms with Gasteiger partial charge in [-0.2, -0.15) is 4.72 Å². The average molecular weight is 430 g/mol. The molecule has 0 saturated heterocycles. The predicted molar refractivity (Wildman–Crippen MR) is 119 cm³/mol. The highest BCUT2D eigenvalue weighted by atomic mass is 32.2. The van der Waals surface area contributed by atoms with Gasteiger partial charge in [0.25, 0.3) is 5.91 Å². The third kappa shape index (κ3) is 4.72. The zero-order valence-corrected chi connectivity index (χ0v) is 17.2. The number of nitrogens with one attached hydrogen (secondary N) is 1. The lowest BCUT2D eigenvalue weighted by atomic mass is 10.1. The predicted octanol–water partition coefficient (Wildman–Crippen LogP) is 3.63. The van der Waals surface area contributed by atoms with Gasteiger partial charge in [0.1, 0.15) is 0 Å². The highest BCUT2D eigenvalue weighted by molar-refractivity contribution is 7.91. The van der Waals surface area contributed by atoms with Crippen molar-refractivity contribution in [1.29, 1.82) is 0 Å². The molecule has 1 atom stereocenters. The Morgan fingerprint density at radius 3 is 2.48 bits per heavy atom. The normalized spacial score (nSPS) is 14.8. The minimum Gasteiger partial charge on any atom is -0.568 e. The van der Waals surface area contributed by atoms with Crippen LogP contribution in [0.5, 0.6) is 0 Å². The first-order chi connectivity index (χ1) is 15.0. The number of carboxylic acid groups (broad SMARTS) is 1. The molecule has 1 amide bonds. The molecule has 0 bridgehead atoms. The lowest BCUT2D eigenvalue weighted by Crippen LogP contribution is -2.44. The molecule has 3 aromatic carbocycles. The number of aromatic carboxylic acids is 1. The van der Waals surface area contributed by atoms with Gasteiger partial charge in [-0.25, -0.2) is 4.79 Å². The van der Waals surface area contributed by atoms with Crippen molar-refractivity contribution in [3.63, 3.8) is 0 Å². The summed E-state index contributed by atoms with van der Waals surface area (Å²) in [7, 11) is 0. The van der Waals surface area contributed by atoms with Crippen molar-refractivity contribution in [2.24, 2.45) is 0 Å². The van der Waals surface area contributed by atoms with Gasteiger partial charge < -0.3 is 9.66 Å². The van der Waals surface area contributed by atoms with Crippen LogP contribution < -0.4 is 4.72 Å². The van der Waals surface area contributed by atoms with Crippen LogP contribution in [-0.2, 0) is 24.5 Å². The highest BCUT2D eigenvalue weighted by Gasteiger charge is 2.35. The van der Waals surface area contributed by atoms with Gasteiger partial charge in [-0.3, -0.25) is 4.79 Å². The maximum Gasteiger partial charge on any atom is 0.335 e. The zero-order chi connectivity index (χ0) is 21.8. The van der Waals surface area contributed by atoms with Crippen LogP contribution in [0.1, 0.15) is 37.4 Å². The molecule has 1 aliphatic heterocycles. The fraction of sp³-hybridized carbons (Fsp3) is 0.0833. The largest absolute Gasteiger partial charge is 0.568 e. The number of carbonyl (C=O) groups is 2. The quantitative estimate of drug-likeness (QED) is 0.487. The van der Waals surface area contributed by atoms with Crippen molar-refractivity contribution in [3.05, 3.63) is 101 Å². The Hall–Kier alpha value is -3.73. The molecule has 31 heavy (non-hydrogen) atoms. The second kappa shape index (κ2) is 8.96. The Morgan fingerprint density at radius 2 is 1.77 bits per heavy atom. The first-order valence-corrected chi connectivity index (χ1v) is 10.6. The number of carbonyl (C=O) groups excluding carboxylic acids is 1. The SMILES string of the molecule is O=C(O)c1ccc(CN2C(=O)c3cc(C#CCc4ccccc4)ccc3N[S+]2[O-])cc1. The Balaban J connectivity index is 1.52. The van der Waals surface area contributed by atoms with E-state index in [-0.39, 0.29) is 18.0 Å². The van der Waals surface area contributed by atoms with E-state index in [1.165, 1.54) is 16.4 Å². The van der Waals surface area contributed by atoms with E-state index < -0.39 is 17.5 Å². The molecule has 3 aromatic rings. The maximum atomic E-state index is 13.0. The van der Waals surface area contributed by atoms with E-state index in [2.05, 4.69) is 16.6 Å². The minimum absolute atomic E-state index is 0.0850. The summed E-state index contributed by atoms with van der Waals surface area (Å²) in [5, 5.41) is 9.01. The van der Waals surface area contributed by atoms with E-state index in [1.54, 1.807) is 30.3 Å². The summed E-state index contributed by atoms with van der Waals surface area (Å²) >= 11 is -1.74. The molecule has 0 aliphatic carbocycles. The summed E-state index contributed by atoms with van der Waals surface area (Å²) in [5.41, 5.74) is 3.53. The fourth-order valence-electron chi connectivity index (χ4n) is 3.14. The molecule has 1 heterocycles. The second-order valence-corrected chi connectivity index (χ2v) is 8.06. The molecular weight excluding hydrogens is 412 g/mol. The Bertz CT molecular complexity index is 1180. The Labute approximate surface area is 183 Å². The van der Waals surface area contributed by atoms with Crippen molar-refractivity contribution in [2.45, 2.75) is 13.0 Å². The third-order valence-electron chi connectivity index (χ3n) is 4.77. The average Bonchev–Trinajstić information content (AvgIpc) is 2.78. The summed E-state index contributed by atoms with van der Waals surface area (Å²) in [6.45, 7) is 0.0850. The van der Waals surface area contributed by atoms with Gasteiger partial charge in [-0.15, -0.1) is 4.31 Å². The molecule has 7 heteroatoms. The van der Waals surface area contributed by atoms with Crippen LogP contribution in [0.3, 0.4) is 0 Å². The van der Waals surface area contributed by atoms with Crippen molar-refractivity contribution in [2.75, 3.05) is 4.72 Å². The van der Waals surface area contributed by atoms with Crippen LogP contribution in [0.25, 0.3) is 0 Å². The van der Waals surface area contributed by atoms with Gasteiger partial charge >= 0.3 is 5.97 Å². The van der Waals surface area contributed by atoms with Crippen LogP contribution in [0.15, 0.2) is 72.8 Å². The van der Waals surface area contributed by atoms with Gasteiger partial charge in [0.05, 0.1) is 23.4 Å². The number of nitrogens with zero attached hydrogens (tertiary/aromatic N) is 1. The number of fused-ring (bicyclic) bond motifs is 1. The molecule has 0 saturated carbocycles. The molecular formula is C24H18N2O4S. The Kier molecular flexibility index (Phi) is 5.94. The van der Waals surface area contributed by atoms with Crippen molar-refractivity contribution in [1.82, 2.24) is 4.31 Å². The number of rotatable bonds is 4. The smallest absolute Gasteiger partial charge is 0.335 e. The summed E-state index contributed by atoms with van der Waals surface area (Å²) in [6, 6.07) is 21.2. The van der Waals surface area contributed by atoms with Crippen molar-refractivity contribution in [3.8, 4) is 11.8 Å². The summed E-state index contributed by atoms with van der Waals surface area (Å²) in [4.78, 5) is 24.0. The van der Waals surface area contributed by atoms with Gasteiger partial charge in [0.15, 0.2) is 11.5 Å². The van der Waals surface area contributed by atoms with E-state index >= 15 is 0 Å². The van der Waals surface area contributed by atoms with Gasteiger partial charge in [0.2, 0.25) is 0 Å². The molecule has 6 nitrogen and oxygen atoms in total. The van der Waals surface area contributed by atoms with Gasteiger partial charge in [0, 0.05) is 12.0 Å². The molecule has 2 N–H and O–H groups in total. The number of carboxylic acids is 1. The maximum absolute atomic E-state index is 13.0. The van der Waals surface area contributed by atoms with E-state index in [9.17, 15) is 14.1 Å². The standard InChI is InChI=1S/C24H18N2O4S/c27-23-21-15-18(8-4-7-17-5-2-1-3-6-17)11-14-22(21)25-31(30)26(23)16-19-9-12-20(13-10-19)24(28)29/h1-3,5-6,9-15,25H,7,16H2,(H,28,29). The molecule has 1 unspecified atom stereocenters. The number of amides is 1. The number of hydrogen-bond donors (Lipinski definition) is 2. The first-order valence-electron chi connectivity index (χ1n) is 9.51. The van der Waals surface area contributed by atoms with E-state index in [0.717, 1.165) is 5.56 Å². The molecule has 154 valence electrons. The van der Waals surface area contributed by atoms with Crippen molar-refractivity contribution < 1.29 is 19.2 Å². The third-order valence-corrected chi connectivity index (χ3v) is 5.86. The fourth-order valence-corrected chi connectivity index (χ4v) is 4.13. The number of benzene rings is 3. The van der Waals surface area contributed by atoms with Crippen LogP contribution >= 0.6 is 0 Å². The number of hydrogen-bond acceptors (Lipinski definition) is 4. The summed E-state index contributed by atoms with van der Waals surface area (Å²) in [5.74, 6) is 4.79. The zero-order valence-electron chi connectivity index (χ0n) is 16.4. The van der Waals surface area contributed by atoms with Gasteiger partial charge in [-0.05, 0) is 41.5 Å². The van der Waals surface area contributed by atoms with E-state index in [1.807, 2.05) is 30.3 Å². The van der Waals surface area contributed by atoms with E-state index in [4.69, 9.17) is 5.11 Å². The van der Waals surface area contributed by atoms with Crippen LogP contribution in [0, 0.1) is 11.8 Å². The van der Waals surface area contributed by atoms with Crippen LogP contribution in [0.2, 0.25) is 0 Å². The molecule has 0 aromatic heterocycles. The second-order valence-electron chi connectivity index (χ2n) is 6.92. The van der Waals surface area contributed by atoms with Crippen molar-refractivity contribution >= 4 is 29.1 Å². The minimum atomic E-state index is -1.74. The molecule has 4 rings (SSSR count). The van der Waals surface area contributed by atoms with E-state index in [0.29, 0.717) is 28.8 Å². The van der Waals surface area contributed by atoms with Gasteiger partial charge in [-0.1, -0.05) is 54.3 Å². The molecule has 0 spiro atoms. The molecule has 1 aliphatic rings. The lowest BCUT2D eigenvalue weighted by molar-refractivity contribution is 0.0696. The summed E-state index contributed by atoms with van der Waals surface area (Å²) < 4.78 is 16.6. The number of anilines is 1. The first kappa shape index (κ1) is 20.5. The monoisotopic (exact) mass is 430 g/mol. The lowest BCUT2D eigenvalue weighted by Gasteiger charge is -2.29. The highest BCUT2D eigenvalue weighted by Crippen LogP contribution is 2.28. The summed E-state index contributed by atoms with van der Waals surface area (Å²) in [6.07, 6.45) is 0.604. The topological polar surface area (TPSA) is 92.7 Å². The van der Waals surface area contributed by atoms with Crippen LogP contribution in [0.4, 0.5) is 5.69 Å². The Morgan fingerprint density at radius 1 is 1.03 bits per heavy atom. The molecule has 0 fully saturated rings. The van der Waals surface area contributed by atoms with Crippen LogP contribution in [-0.4, -0.2) is 25.8 Å².